The highest BCUT2D eigenvalue weighted by atomic mass is 32.2. The molecule has 0 bridgehead atoms. The van der Waals surface area contributed by atoms with Crippen LogP contribution in [-0.2, 0) is 5.75 Å². The van der Waals surface area contributed by atoms with Crippen molar-refractivity contribution in [2.24, 2.45) is 0 Å². The summed E-state index contributed by atoms with van der Waals surface area (Å²) in [5.74, 6) is 1.72. The first-order valence-electron chi connectivity index (χ1n) is 4.92. The van der Waals surface area contributed by atoms with E-state index in [9.17, 15) is 0 Å². The molecule has 1 aromatic heterocycles. The van der Waals surface area contributed by atoms with Gasteiger partial charge in [0.2, 0.25) is 0 Å². The first-order chi connectivity index (χ1) is 7.90. The van der Waals surface area contributed by atoms with Crippen LogP contribution in [0.15, 0.2) is 47.9 Å². The molecule has 2 rings (SSSR count). The van der Waals surface area contributed by atoms with Gasteiger partial charge in [-0.25, -0.2) is 9.97 Å². The lowest BCUT2D eigenvalue weighted by atomic mass is 10.2. The number of nitrogens with zero attached hydrogens (tertiary/aromatic N) is 2. The molecule has 1 aromatic carbocycles. The van der Waals surface area contributed by atoms with Crippen LogP contribution in [0.2, 0.25) is 0 Å². The molecule has 0 aliphatic rings. The van der Waals surface area contributed by atoms with Crippen LogP contribution in [-0.4, -0.2) is 17.1 Å². The zero-order valence-electron chi connectivity index (χ0n) is 8.96. The van der Waals surface area contributed by atoms with Crippen LogP contribution >= 0.6 is 11.8 Å². The van der Waals surface area contributed by atoms with E-state index in [1.54, 1.807) is 31.3 Å². The van der Waals surface area contributed by atoms with Crippen molar-refractivity contribution in [2.45, 2.75) is 10.9 Å². The lowest BCUT2D eigenvalue weighted by molar-refractivity contribution is 0.411. The number of thioether (sulfide) groups is 1. The van der Waals surface area contributed by atoms with Gasteiger partial charge < -0.3 is 4.74 Å². The molecule has 16 heavy (non-hydrogen) atoms. The highest BCUT2D eigenvalue weighted by Gasteiger charge is 2.03. The van der Waals surface area contributed by atoms with Crippen molar-refractivity contribution in [3.8, 4) is 5.75 Å². The van der Waals surface area contributed by atoms with Gasteiger partial charge in [-0.3, -0.25) is 0 Å². The maximum Gasteiger partial charge on any atom is 0.187 e. The second-order valence-corrected chi connectivity index (χ2v) is 4.07. The summed E-state index contributed by atoms with van der Waals surface area (Å²) in [5, 5.41) is 0.786. The molecule has 82 valence electrons. The average molecular weight is 232 g/mol. The molecule has 0 radical (unpaired) electrons. The normalized spacial score (nSPS) is 10.1. The number of hydrogen-bond acceptors (Lipinski definition) is 4. The molecule has 2 aromatic rings. The van der Waals surface area contributed by atoms with Crippen LogP contribution in [0.5, 0.6) is 5.75 Å². The summed E-state index contributed by atoms with van der Waals surface area (Å²) in [6.07, 6.45) is 3.50. The van der Waals surface area contributed by atoms with E-state index in [0.29, 0.717) is 0 Å². The zero-order chi connectivity index (χ0) is 11.2. The van der Waals surface area contributed by atoms with E-state index >= 15 is 0 Å². The Morgan fingerprint density at radius 2 is 1.88 bits per heavy atom. The second-order valence-electron chi connectivity index (χ2n) is 3.13. The highest BCUT2D eigenvalue weighted by molar-refractivity contribution is 7.98. The average Bonchev–Trinajstić information content (AvgIpc) is 2.38. The Labute approximate surface area is 98.9 Å². The minimum Gasteiger partial charge on any atom is -0.496 e. The van der Waals surface area contributed by atoms with Crippen molar-refractivity contribution < 1.29 is 4.74 Å². The Balaban J connectivity index is 2.05. The molecule has 0 saturated heterocycles. The summed E-state index contributed by atoms with van der Waals surface area (Å²) in [4.78, 5) is 8.32. The molecule has 0 N–H and O–H groups in total. The molecular weight excluding hydrogens is 220 g/mol. The summed E-state index contributed by atoms with van der Waals surface area (Å²) in [7, 11) is 1.68. The summed E-state index contributed by atoms with van der Waals surface area (Å²) in [6, 6.07) is 9.79. The van der Waals surface area contributed by atoms with Gasteiger partial charge in [0.1, 0.15) is 5.75 Å². The third-order valence-corrected chi connectivity index (χ3v) is 3.02. The highest BCUT2D eigenvalue weighted by Crippen LogP contribution is 2.25. The first-order valence-corrected chi connectivity index (χ1v) is 5.90. The van der Waals surface area contributed by atoms with Crippen LogP contribution in [0.4, 0.5) is 0 Å². The van der Waals surface area contributed by atoms with Crippen molar-refractivity contribution in [2.75, 3.05) is 7.11 Å². The fourth-order valence-corrected chi connectivity index (χ4v) is 2.12. The fraction of sp³-hybridized carbons (Fsp3) is 0.167. The minimum atomic E-state index is 0.786. The summed E-state index contributed by atoms with van der Waals surface area (Å²) in [5.41, 5.74) is 1.16. The van der Waals surface area contributed by atoms with Gasteiger partial charge in [0.25, 0.3) is 0 Å². The van der Waals surface area contributed by atoms with Gasteiger partial charge >= 0.3 is 0 Å². The van der Waals surface area contributed by atoms with Crippen molar-refractivity contribution in [1.29, 1.82) is 0 Å². The predicted molar refractivity (Wildman–Crippen MR) is 64.6 cm³/mol. The maximum absolute atomic E-state index is 5.28. The molecule has 4 heteroatoms. The second kappa shape index (κ2) is 5.51. The number of methoxy groups -OCH3 is 1. The third kappa shape index (κ3) is 2.73. The number of benzene rings is 1. The number of rotatable bonds is 4. The quantitative estimate of drug-likeness (QED) is 0.599. The SMILES string of the molecule is COc1ccccc1CSc1ncccn1. The van der Waals surface area contributed by atoms with Crippen LogP contribution in [0.3, 0.4) is 0 Å². The molecule has 3 nitrogen and oxygen atoms in total. The number of hydrogen-bond donors (Lipinski definition) is 0. The lowest BCUT2D eigenvalue weighted by Gasteiger charge is -2.06. The number of aromatic nitrogens is 2. The standard InChI is InChI=1S/C12H12N2OS/c1-15-11-6-3-2-5-10(11)9-16-12-13-7-4-8-14-12/h2-8H,9H2,1H3. The summed E-state index contributed by atoms with van der Waals surface area (Å²) in [6.45, 7) is 0. The van der Waals surface area contributed by atoms with Gasteiger partial charge in [0.15, 0.2) is 5.16 Å². The maximum atomic E-state index is 5.28. The Bertz CT molecular complexity index is 448. The molecule has 0 unspecified atom stereocenters. The summed E-state index contributed by atoms with van der Waals surface area (Å²) >= 11 is 1.60. The molecule has 0 saturated carbocycles. The number of ether oxygens (including phenoxy) is 1. The largest absolute Gasteiger partial charge is 0.496 e. The zero-order valence-corrected chi connectivity index (χ0v) is 9.78. The van der Waals surface area contributed by atoms with Crippen molar-refractivity contribution in [3.63, 3.8) is 0 Å². The Kier molecular flexibility index (Phi) is 3.77. The smallest absolute Gasteiger partial charge is 0.187 e. The minimum absolute atomic E-state index is 0.786. The van der Waals surface area contributed by atoms with E-state index in [-0.39, 0.29) is 0 Å². The molecule has 0 fully saturated rings. The Morgan fingerprint density at radius 1 is 1.12 bits per heavy atom. The van der Waals surface area contributed by atoms with Gasteiger partial charge in [-0.1, -0.05) is 30.0 Å². The molecule has 0 atom stereocenters. The van der Waals surface area contributed by atoms with Crippen LogP contribution < -0.4 is 4.74 Å². The fourth-order valence-electron chi connectivity index (χ4n) is 1.32. The van der Waals surface area contributed by atoms with Gasteiger partial charge in [-0.2, -0.15) is 0 Å². The van der Waals surface area contributed by atoms with E-state index in [1.165, 1.54) is 0 Å². The molecule has 0 aliphatic carbocycles. The van der Waals surface area contributed by atoms with Gasteiger partial charge in [0, 0.05) is 23.7 Å². The number of para-hydroxylation sites is 1. The van der Waals surface area contributed by atoms with E-state index in [2.05, 4.69) is 16.0 Å². The van der Waals surface area contributed by atoms with Crippen LogP contribution in [0, 0.1) is 0 Å². The molecule has 1 heterocycles. The van der Waals surface area contributed by atoms with E-state index in [1.807, 2.05) is 24.3 Å². The van der Waals surface area contributed by atoms with Gasteiger partial charge in [-0.05, 0) is 12.1 Å². The lowest BCUT2D eigenvalue weighted by Crippen LogP contribution is -1.90. The molecular formula is C12H12N2OS. The van der Waals surface area contributed by atoms with Gasteiger partial charge in [-0.15, -0.1) is 0 Å². The molecule has 0 amide bonds. The van der Waals surface area contributed by atoms with Crippen molar-refractivity contribution >= 4 is 11.8 Å². The Morgan fingerprint density at radius 3 is 2.62 bits per heavy atom. The van der Waals surface area contributed by atoms with E-state index in [4.69, 9.17) is 4.74 Å². The third-order valence-electron chi connectivity index (χ3n) is 2.09. The van der Waals surface area contributed by atoms with Gasteiger partial charge in [0.05, 0.1) is 7.11 Å². The molecule has 0 aliphatic heterocycles. The first kappa shape index (κ1) is 11.0. The van der Waals surface area contributed by atoms with Crippen LogP contribution in [0.1, 0.15) is 5.56 Å². The Hall–Kier alpha value is -1.55. The van der Waals surface area contributed by atoms with Crippen molar-refractivity contribution in [1.82, 2.24) is 9.97 Å². The van der Waals surface area contributed by atoms with Crippen LogP contribution in [0.25, 0.3) is 0 Å². The van der Waals surface area contributed by atoms with E-state index < -0.39 is 0 Å². The van der Waals surface area contributed by atoms with E-state index in [0.717, 1.165) is 22.2 Å². The predicted octanol–water partition coefficient (Wildman–Crippen LogP) is 2.78. The summed E-state index contributed by atoms with van der Waals surface area (Å²) < 4.78 is 5.28. The molecule has 0 spiro atoms. The monoisotopic (exact) mass is 232 g/mol. The van der Waals surface area contributed by atoms with Crippen molar-refractivity contribution in [3.05, 3.63) is 48.3 Å². The topological polar surface area (TPSA) is 35.0 Å².